The van der Waals surface area contributed by atoms with Crippen LogP contribution < -0.4 is 0 Å². The van der Waals surface area contributed by atoms with Crippen molar-refractivity contribution in [3.05, 3.63) is 83.1 Å². The Bertz CT molecular complexity index is 884. The summed E-state index contributed by atoms with van der Waals surface area (Å²) < 4.78 is 7.31. The number of benzene rings is 2. The molecule has 0 radical (unpaired) electrons. The Labute approximate surface area is 151 Å². The Balaban J connectivity index is 1.43. The number of carbonyl (C=O) groups is 1. The van der Waals surface area contributed by atoms with E-state index in [-0.39, 0.29) is 12.6 Å². The first kappa shape index (κ1) is 15.9. The summed E-state index contributed by atoms with van der Waals surface area (Å²) in [5, 5.41) is 5.13. The summed E-state index contributed by atoms with van der Waals surface area (Å²) in [4.78, 5) is 12.6. The standard InChI is InChI=1S/C20H17ClN2O2/c21-16-8-6-15(7-9-16)20(11-12-20)19(24)25-14-17-10-13-23(22-17)18-4-2-1-3-5-18/h1-10,13H,11-12,14H2. The molecule has 0 saturated heterocycles. The Morgan fingerprint density at radius 1 is 1.08 bits per heavy atom. The molecule has 126 valence electrons. The molecule has 4 rings (SSSR count). The van der Waals surface area contributed by atoms with E-state index in [9.17, 15) is 4.79 Å². The maximum absolute atomic E-state index is 12.6. The van der Waals surface area contributed by atoms with Gasteiger partial charge in [-0.25, -0.2) is 4.68 Å². The highest BCUT2D eigenvalue weighted by atomic mass is 35.5. The molecule has 1 saturated carbocycles. The average molecular weight is 353 g/mol. The zero-order valence-corrected chi connectivity index (χ0v) is 14.3. The number of halogens is 1. The molecule has 5 heteroatoms. The van der Waals surface area contributed by atoms with Crippen molar-refractivity contribution >= 4 is 17.6 Å². The number of rotatable bonds is 5. The van der Waals surface area contributed by atoms with E-state index in [0.717, 1.165) is 29.8 Å². The van der Waals surface area contributed by atoms with Crippen molar-refractivity contribution in [2.24, 2.45) is 0 Å². The number of hydrogen-bond acceptors (Lipinski definition) is 3. The van der Waals surface area contributed by atoms with Gasteiger partial charge in [0.25, 0.3) is 0 Å². The Kier molecular flexibility index (Phi) is 4.06. The summed E-state index contributed by atoms with van der Waals surface area (Å²) in [5.41, 5.74) is 2.16. The van der Waals surface area contributed by atoms with Crippen molar-refractivity contribution < 1.29 is 9.53 Å². The smallest absolute Gasteiger partial charge is 0.316 e. The van der Waals surface area contributed by atoms with Gasteiger partial charge in [-0.1, -0.05) is 41.9 Å². The molecule has 0 aliphatic heterocycles. The molecule has 0 N–H and O–H groups in total. The van der Waals surface area contributed by atoms with Gasteiger partial charge in [-0.2, -0.15) is 5.10 Å². The van der Waals surface area contributed by atoms with E-state index in [1.54, 1.807) is 4.68 Å². The van der Waals surface area contributed by atoms with E-state index in [1.165, 1.54) is 0 Å². The molecule has 0 bridgehead atoms. The molecule has 4 nitrogen and oxygen atoms in total. The number of para-hydroxylation sites is 1. The molecular weight excluding hydrogens is 336 g/mol. The summed E-state index contributed by atoms with van der Waals surface area (Å²) in [7, 11) is 0. The van der Waals surface area contributed by atoms with Crippen molar-refractivity contribution in [2.75, 3.05) is 0 Å². The highest BCUT2D eigenvalue weighted by Crippen LogP contribution is 2.49. The summed E-state index contributed by atoms with van der Waals surface area (Å²) in [6.45, 7) is 0.175. The maximum Gasteiger partial charge on any atom is 0.316 e. The molecule has 1 aliphatic carbocycles. The zero-order chi connectivity index (χ0) is 17.3. The lowest BCUT2D eigenvalue weighted by Crippen LogP contribution is -2.23. The van der Waals surface area contributed by atoms with Crippen LogP contribution in [0.25, 0.3) is 5.69 Å². The van der Waals surface area contributed by atoms with Gasteiger partial charge >= 0.3 is 5.97 Å². The second-order valence-corrected chi connectivity index (χ2v) is 6.69. The van der Waals surface area contributed by atoms with Crippen molar-refractivity contribution in [2.45, 2.75) is 24.9 Å². The van der Waals surface area contributed by atoms with E-state index in [1.807, 2.05) is 66.9 Å². The van der Waals surface area contributed by atoms with E-state index in [4.69, 9.17) is 16.3 Å². The van der Waals surface area contributed by atoms with Gasteiger partial charge in [-0.15, -0.1) is 0 Å². The molecule has 0 atom stereocenters. The molecule has 2 aromatic carbocycles. The Morgan fingerprint density at radius 3 is 2.48 bits per heavy atom. The maximum atomic E-state index is 12.6. The third-order valence-electron chi connectivity index (χ3n) is 4.55. The fraction of sp³-hybridized carbons (Fsp3) is 0.200. The summed E-state index contributed by atoms with van der Waals surface area (Å²) >= 11 is 5.93. The number of aromatic nitrogens is 2. The number of nitrogens with zero attached hydrogens (tertiary/aromatic N) is 2. The molecule has 25 heavy (non-hydrogen) atoms. The van der Waals surface area contributed by atoms with Crippen LogP contribution in [0.15, 0.2) is 66.9 Å². The van der Waals surface area contributed by atoms with E-state index in [0.29, 0.717) is 5.02 Å². The fourth-order valence-corrected chi connectivity index (χ4v) is 3.07. The first-order valence-electron chi connectivity index (χ1n) is 8.21. The van der Waals surface area contributed by atoms with Crippen molar-refractivity contribution in [1.29, 1.82) is 0 Å². The van der Waals surface area contributed by atoms with Crippen LogP contribution in [-0.2, 0) is 21.6 Å². The van der Waals surface area contributed by atoms with Gasteiger partial charge < -0.3 is 4.74 Å². The summed E-state index contributed by atoms with van der Waals surface area (Å²) in [6, 6.07) is 19.1. The van der Waals surface area contributed by atoms with Crippen molar-refractivity contribution in [3.8, 4) is 5.69 Å². The molecule has 1 fully saturated rings. The van der Waals surface area contributed by atoms with E-state index < -0.39 is 5.41 Å². The predicted molar refractivity (Wildman–Crippen MR) is 95.7 cm³/mol. The molecule has 1 aliphatic rings. The first-order valence-corrected chi connectivity index (χ1v) is 8.58. The van der Waals surface area contributed by atoms with Crippen molar-refractivity contribution in [3.63, 3.8) is 0 Å². The fourth-order valence-electron chi connectivity index (χ4n) is 2.95. The minimum Gasteiger partial charge on any atom is -0.458 e. The van der Waals surface area contributed by atoms with Crippen LogP contribution in [0.5, 0.6) is 0 Å². The van der Waals surface area contributed by atoms with Crippen LogP contribution in [0.1, 0.15) is 24.1 Å². The van der Waals surface area contributed by atoms with Gasteiger partial charge in [0.05, 0.1) is 11.1 Å². The van der Waals surface area contributed by atoms with Crippen molar-refractivity contribution in [1.82, 2.24) is 9.78 Å². The molecule has 0 unspecified atom stereocenters. The van der Waals surface area contributed by atoms with E-state index >= 15 is 0 Å². The molecular formula is C20H17ClN2O2. The minimum absolute atomic E-state index is 0.175. The highest BCUT2D eigenvalue weighted by Gasteiger charge is 2.52. The topological polar surface area (TPSA) is 44.1 Å². The second-order valence-electron chi connectivity index (χ2n) is 6.25. The zero-order valence-electron chi connectivity index (χ0n) is 13.6. The van der Waals surface area contributed by atoms with Gasteiger partial charge in [-0.3, -0.25) is 4.79 Å². The van der Waals surface area contributed by atoms with Gasteiger partial charge in [0.2, 0.25) is 0 Å². The lowest BCUT2D eigenvalue weighted by atomic mass is 9.96. The normalized spacial score (nSPS) is 14.9. The lowest BCUT2D eigenvalue weighted by Gasteiger charge is -2.14. The SMILES string of the molecule is O=C(OCc1ccn(-c2ccccc2)n1)C1(c2ccc(Cl)cc2)CC1. The monoisotopic (exact) mass is 352 g/mol. The molecule has 1 aromatic heterocycles. The Hall–Kier alpha value is -2.59. The number of carbonyl (C=O) groups excluding carboxylic acids is 1. The third-order valence-corrected chi connectivity index (χ3v) is 4.81. The van der Waals surface area contributed by atoms with Crippen LogP contribution in [0.3, 0.4) is 0 Å². The molecule has 0 amide bonds. The second kappa shape index (κ2) is 6.37. The molecule has 3 aromatic rings. The summed E-state index contributed by atoms with van der Waals surface area (Å²) in [5.74, 6) is -0.191. The minimum atomic E-state index is -0.507. The third kappa shape index (κ3) is 3.17. The van der Waals surface area contributed by atoms with Gasteiger partial charge in [-0.05, 0) is 48.7 Å². The van der Waals surface area contributed by atoms with Crippen LogP contribution in [-0.4, -0.2) is 15.7 Å². The van der Waals surface area contributed by atoms with E-state index in [2.05, 4.69) is 5.10 Å². The molecule has 0 spiro atoms. The van der Waals surface area contributed by atoms with Gasteiger partial charge in [0, 0.05) is 11.2 Å². The number of hydrogen-bond donors (Lipinski definition) is 0. The average Bonchev–Trinajstić information content (AvgIpc) is 3.32. The van der Waals surface area contributed by atoms with Gasteiger partial charge in [0.15, 0.2) is 0 Å². The van der Waals surface area contributed by atoms with Crippen LogP contribution >= 0.6 is 11.6 Å². The quantitative estimate of drug-likeness (QED) is 0.643. The summed E-state index contributed by atoms with van der Waals surface area (Å²) in [6.07, 6.45) is 3.49. The largest absolute Gasteiger partial charge is 0.458 e. The molecule has 1 heterocycles. The van der Waals surface area contributed by atoms with Crippen LogP contribution in [0.4, 0.5) is 0 Å². The first-order chi connectivity index (χ1) is 12.2. The number of ether oxygens (including phenoxy) is 1. The van der Waals surface area contributed by atoms with Gasteiger partial charge in [0.1, 0.15) is 12.3 Å². The number of esters is 1. The van der Waals surface area contributed by atoms with Crippen LogP contribution in [0.2, 0.25) is 5.02 Å². The Morgan fingerprint density at radius 2 is 1.80 bits per heavy atom. The predicted octanol–water partition coefficient (Wildman–Crippen LogP) is 4.30. The lowest BCUT2D eigenvalue weighted by molar-refractivity contribution is -0.148. The highest BCUT2D eigenvalue weighted by molar-refractivity contribution is 6.30. The van der Waals surface area contributed by atoms with Crippen LogP contribution in [0, 0.1) is 0 Å².